The van der Waals surface area contributed by atoms with Crippen molar-refractivity contribution in [1.82, 2.24) is 4.90 Å². The first-order chi connectivity index (χ1) is 12.0. The molecule has 7 heteroatoms. The van der Waals surface area contributed by atoms with E-state index in [1.54, 1.807) is 31.3 Å². The van der Waals surface area contributed by atoms with E-state index < -0.39 is 11.1 Å². The summed E-state index contributed by atoms with van der Waals surface area (Å²) < 4.78 is 13.3. The molecule has 1 heterocycles. The van der Waals surface area contributed by atoms with E-state index in [1.807, 2.05) is 18.2 Å². The number of hydrogen-bond donors (Lipinski definition) is 1. The summed E-state index contributed by atoms with van der Waals surface area (Å²) in [6.45, 7) is 0. The van der Waals surface area contributed by atoms with Crippen LogP contribution in [0.3, 0.4) is 0 Å². The van der Waals surface area contributed by atoms with Crippen LogP contribution in [-0.4, -0.2) is 34.2 Å². The van der Waals surface area contributed by atoms with E-state index in [0.29, 0.717) is 16.5 Å². The van der Waals surface area contributed by atoms with Gasteiger partial charge in [-0.1, -0.05) is 36.0 Å². The predicted molar refractivity (Wildman–Crippen MR) is 97.3 cm³/mol. The van der Waals surface area contributed by atoms with Crippen molar-refractivity contribution in [3.05, 3.63) is 60.4 Å². The van der Waals surface area contributed by atoms with Crippen molar-refractivity contribution >= 4 is 40.1 Å². The normalized spacial score (nSPS) is 18.6. The second-order valence-corrected chi connectivity index (χ2v) is 6.67. The molecule has 1 saturated heterocycles. The quantitative estimate of drug-likeness (QED) is 0.912. The lowest BCUT2D eigenvalue weighted by molar-refractivity contribution is -0.127. The number of anilines is 1. The number of thioether (sulfide) groups is 1. The first-order valence-corrected chi connectivity index (χ1v) is 8.54. The molecular weight excluding hydrogens is 341 g/mol. The van der Waals surface area contributed by atoms with Gasteiger partial charge in [-0.25, -0.2) is 9.38 Å². The molecule has 0 aromatic heterocycles. The van der Waals surface area contributed by atoms with E-state index in [9.17, 15) is 14.0 Å². The number of amides is 2. The number of hydrogen-bond acceptors (Lipinski definition) is 4. The first-order valence-electron chi connectivity index (χ1n) is 7.66. The maximum atomic E-state index is 13.3. The molecular formula is C18H16FN3O2S. The number of nitrogens with one attached hydrogen (secondary N) is 1. The number of halogens is 1. The molecule has 2 aromatic rings. The van der Waals surface area contributed by atoms with E-state index >= 15 is 0 Å². The number of amidine groups is 1. The van der Waals surface area contributed by atoms with Crippen molar-refractivity contribution in [3.8, 4) is 0 Å². The molecule has 1 atom stereocenters. The lowest BCUT2D eigenvalue weighted by atomic mass is 10.2. The minimum atomic E-state index is -0.541. The van der Waals surface area contributed by atoms with Gasteiger partial charge in [-0.05, 0) is 30.3 Å². The Balaban J connectivity index is 1.67. The molecule has 2 aromatic carbocycles. The summed E-state index contributed by atoms with van der Waals surface area (Å²) >= 11 is 1.21. The predicted octanol–water partition coefficient (Wildman–Crippen LogP) is 3.42. The minimum Gasteiger partial charge on any atom is -0.326 e. The number of carbonyl (C=O) groups excluding carboxylic acids is 2. The Bertz CT molecular complexity index is 826. The van der Waals surface area contributed by atoms with Crippen LogP contribution in [0.1, 0.15) is 6.42 Å². The lowest BCUT2D eigenvalue weighted by Gasteiger charge is -2.09. The number of benzene rings is 2. The summed E-state index contributed by atoms with van der Waals surface area (Å²) in [6.07, 6.45) is 0.0465. The molecule has 5 nitrogen and oxygen atoms in total. The van der Waals surface area contributed by atoms with Gasteiger partial charge in [0.2, 0.25) is 11.8 Å². The van der Waals surface area contributed by atoms with Crippen LogP contribution >= 0.6 is 11.8 Å². The number of para-hydroxylation sites is 1. The Morgan fingerprint density at radius 2 is 2.00 bits per heavy atom. The van der Waals surface area contributed by atoms with E-state index in [1.165, 1.54) is 28.8 Å². The standard InChI is InChI=1S/C18H16FN3O2S/c1-22-17(24)15(11-16(23)20-13-7-3-2-4-8-13)25-18(22)21-14-9-5-6-12(19)10-14/h2-10,15H,11H2,1H3,(H,20,23)/t15-/m0/s1. The highest BCUT2D eigenvalue weighted by molar-refractivity contribution is 8.15. The molecule has 1 N–H and O–H groups in total. The van der Waals surface area contributed by atoms with Gasteiger partial charge in [-0.2, -0.15) is 0 Å². The third kappa shape index (κ3) is 4.24. The van der Waals surface area contributed by atoms with Gasteiger partial charge in [0, 0.05) is 19.2 Å². The lowest BCUT2D eigenvalue weighted by Crippen LogP contribution is -2.30. The van der Waals surface area contributed by atoms with Crippen LogP contribution in [0.4, 0.5) is 15.8 Å². The van der Waals surface area contributed by atoms with Crippen LogP contribution in [0.25, 0.3) is 0 Å². The summed E-state index contributed by atoms with van der Waals surface area (Å²) in [5.74, 6) is -0.821. The molecule has 0 saturated carbocycles. The van der Waals surface area contributed by atoms with E-state index in [0.717, 1.165) is 0 Å². The highest BCUT2D eigenvalue weighted by atomic mass is 32.2. The smallest absolute Gasteiger partial charge is 0.242 e. The monoisotopic (exact) mass is 357 g/mol. The highest BCUT2D eigenvalue weighted by Gasteiger charge is 2.36. The highest BCUT2D eigenvalue weighted by Crippen LogP contribution is 2.30. The Morgan fingerprint density at radius 3 is 2.72 bits per heavy atom. The topological polar surface area (TPSA) is 61.8 Å². The Labute approximate surface area is 148 Å². The van der Waals surface area contributed by atoms with Gasteiger partial charge in [0.15, 0.2) is 5.17 Å². The SMILES string of the molecule is CN1C(=O)[C@H](CC(=O)Nc2ccccc2)SC1=Nc1cccc(F)c1. The Hall–Kier alpha value is -2.67. The van der Waals surface area contributed by atoms with Crippen molar-refractivity contribution in [2.75, 3.05) is 12.4 Å². The molecule has 0 aliphatic carbocycles. The molecule has 128 valence electrons. The summed E-state index contributed by atoms with van der Waals surface area (Å²) in [7, 11) is 1.60. The number of rotatable bonds is 4. The van der Waals surface area contributed by atoms with Crippen LogP contribution in [0.15, 0.2) is 59.6 Å². The maximum absolute atomic E-state index is 13.3. The second-order valence-electron chi connectivity index (χ2n) is 5.50. The van der Waals surface area contributed by atoms with Gasteiger partial charge in [0.05, 0.1) is 5.69 Å². The van der Waals surface area contributed by atoms with E-state index in [-0.39, 0.29) is 18.2 Å². The maximum Gasteiger partial charge on any atom is 0.242 e. The molecule has 2 amide bonds. The summed E-state index contributed by atoms with van der Waals surface area (Å²) in [4.78, 5) is 30.2. The fraction of sp³-hybridized carbons (Fsp3) is 0.167. The van der Waals surface area contributed by atoms with Gasteiger partial charge in [0.1, 0.15) is 11.1 Å². The van der Waals surface area contributed by atoms with E-state index in [4.69, 9.17) is 0 Å². The van der Waals surface area contributed by atoms with Gasteiger partial charge in [-0.15, -0.1) is 0 Å². The molecule has 0 bridgehead atoms. The van der Waals surface area contributed by atoms with E-state index in [2.05, 4.69) is 10.3 Å². The van der Waals surface area contributed by atoms with Gasteiger partial charge >= 0.3 is 0 Å². The first kappa shape index (κ1) is 17.2. The molecule has 1 aliphatic rings. The van der Waals surface area contributed by atoms with Crippen LogP contribution in [0.2, 0.25) is 0 Å². The number of carbonyl (C=O) groups is 2. The zero-order valence-electron chi connectivity index (χ0n) is 13.5. The third-order valence-electron chi connectivity index (χ3n) is 3.60. The van der Waals surface area contributed by atoms with Gasteiger partial charge < -0.3 is 5.32 Å². The van der Waals surface area contributed by atoms with Crippen molar-refractivity contribution in [1.29, 1.82) is 0 Å². The summed E-state index contributed by atoms with van der Waals surface area (Å²) in [5.41, 5.74) is 1.11. The molecule has 25 heavy (non-hydrogen) atoms. The van der Waals surface area contributed by atoms with Crippen molar-refractivity contribution in [3.63, 3.8) is 0 Å². The van der Waals surface area contributed by atoms with Crippen molar-refractivity contribution in [2.45, 2.75) is 11.7 Å². The van der Waals surface area contributed by atoms with Crippen molar-refractivity contribution in [2.24, 2.45) is 4.99 Å². The Kier molecular flexibility index (Phi) is 5.14. The number of aliphatic imine (C=N–C) groups is 1. The average Bonchev–Trinajstić information content (AvgIpc) is 2.84. The number of nitrogens with zero attached hydrogens (tertiary/aromatic N) is 2. The zero-order chi connectivity index (χ0) is 17.8. The average molecular weight is 357 g/mol. The molecule has 3 rings (SSSR count). The fourth-order valence-electron chi connectivity index (χ4n) is 2.36. The minimum absolute atomic E-state index is 0.0465. The van der Waals surface area contributed by atoms with Crippen LogP contribution in [-0.2, 0) is 9.59 Å². The van der Waals surface area contributed by atoms with Crippen LogP contribution in [0.5, 0.6) is 0 Å². The summed E-state index contributed by atoms with van der Waals surface area (Å²) in [6, 6.07) is 14.9. The Morgan fingerprint density at radius 1 is 1.24 bits per heavy atom. The second kappa shape index (κ2) is 7.48. The third-order valence-corrected chi connectivity index (χ3v) is 4.83. The van der Waals surface area contributed by atoms with Gasteiger partial charge in [0.25, 0.3) is 0 Å². The van der Waals surface area contributed by atoms with Crippen LogP contribution in [0, 0.1) is 5.82 Å². The molecule has 0 spiro atoms. The van der Waals surface area contributed by atoms with Crippen molar-refractivity contribution < 1.29 is 14.0 Å². The fourth-order valence-corrected chi connectivity index (χ4v) is 3.51. The van der Waals surface area contributed by atoms with Gasteiger partial charge in [-0.3, -0.25) is 14.5 Å². The largest absolute Gasteiger partial charge is 0.326 e. The summed E-state index contributed by atoms with van der Waals surface area (Å²) in [5, 5.41) is 2.67. The zero-order valence-corrected chi connectivity index (χ0v) is 14.3. The van der Waals surface area contributed by atoms with Crippen LogP contribution < -0.4 is 5.32 Å². The molecule has 0 unspecified atom stereocenters. The molecule has 1 aliphatic heterocycles. The molecule has 0 radical (unpaired) electrons. The molecule has 1 fully saturated rings.